The van der Waals surface area contributed by atoms with E-state index < -0.39 is 11.6 Å². The molecule has 4 rings (SSSR count). The Morgan fingerprint density at radius 3 is 2.67 bits per heavy atom. The fourth-order valence-electron chi connectivity index (χ4n) is 3.54. The standard InChI is InChI=1S/C25H23F2N5S/c1-3-33-31-21-9-17(22-6-5-20(26)11-24(22)27)8-18(10-21)23(12-28)25-7-4-16(13-29-25)19-14-30-32(2)15-19/h4-15,28-29,31H,3H2,1-2H3/b25-23+,28-12?. The summed E-state index contributed by atoms with van der Waals surface area (Å²) < 4.78 is 33.0. The minimum absolute atomic E-state index is 0.294. The van der Waals surface area contributed by atoms with E-state index in [-0.39, 0.29) is 0 Å². The third kappa shape index (κ3) is 5.06. The first-order valence-corrected chi connectivity index (χ1v) is 11.3. The first kappa shape index (κ1) is 22.5. The molecule has 2 aromatic carbocycles. The summed E-state index contributed by atoms with van der Waals surface area (Å²) in [6, 6.07) is 9.09. The molecular formula is C25H23F2N5S. The van der Waals surface area contributed by atoms with Gasteiger partial charge in [-0.25, -0.2) is 8.78 Å². The van der Waals surface area contributed by atoms with Gasteiger partial charge >= 0.3 is 0 Å². The number of allylic oxidation sites excluding steroid dienone is 4. The average molecular weight is 464 g/mol. The van der Waals surface area contributed by atoms with Gasteiger partial charge in [-0.15, -0.1) is 0 Å². The topological polar surface area (TPSA) is 65.7 Å². The zero-order chi connectivity index (χ0) is 23.4. The normalized spacial score (nSPS) is 14.5. The number of hydrogen-bond donors (Lipinski definition) is 3. The molecule has 0 amide bonds. The van der Waals surface area contributed by atoms with Crippen LogP contribution in [0.25, 0.3) is 22.3 Å². The van der Waals surface area contributed by atoms with Gasteiger partial charge in [0.05, 0.1) is 6.20 Å². The molecule has 3 N–H and O–H groups in total. The summed E-state index contributed by atoms with van der Waals surface area (Å²) in [5.41, 5.74) is 5.72. The third-order valence-electron chi connectivity index (χ3n) is 5.11. The van der Waals surface area contributed by atoms with Crippen LogP contribution >= 0.6 is 11.9 Å². The SMILES string of the molecule is CCSNc1cc(/C(C=N)=C2\C=CC(c3cnn(C)c3)=CN2)cc(-c2ccc(F)cc2F)c1. The smallest absolute Gasteiger partial charge is 0.133 e. The van der Waals surface area contributed by atoms with Crippen molar-refractivity contribution in [3.8, 4) is 11.1 Å². The molecule has 5 nitrogen and oxygen atoms in total. The number of benzene rings is 2. The number of dihydropyridines is 1. The molecule has 8 heteroatoms. The molecule has 0 aliphatic carbocycles. The lowest BCUT2D eigenvalue weighted by Crippen LogP contribution is -2.11. The third-order valence-corrected chi connectivity index (χ3v) is 5.77. The molecule has 0 unspecified atom stereocenters. The van der Waals surface area contributed by atoms with Gasteiger partial charge in [0, 0.05) is 71.1 Å². The highest BCUT2D eigenvalue weighted by Crippen LogP contribution is 2.32. The van der Waals surface area contributed by atoms with Crippen molar-refractivity contribution in [2.24, 2.45) is 7.05 Å². The van der Waals surface area contributed by atoms with E-state index in [1.165, 1.54) is 30.3 Å². The quantitative estimate of drug-likeness (QED) is 0.297. The average Bonchev–Trinajstić information content (AvgIpc) is 3.25. The van der Waals surface area contributed by atoms with Gasteiger partial charge in [-0.3, -0.25) is 4.68 Å². The van der Waals surface area contributed by atoms with Gasteiger partial charge in [0.1, 0.15) is 11.6 Å². The van der Waals surface area contributed by atoms with Crippen molar-refractivity contribution in [3.05, 3.63) is 95.6 Å². The molecule has 1 aliphatic rings. The fraction of sp³-hybridized carbons (Fsp3) is 0.120. The molecule has 0 bridgehead atoms. The number of anilines is 1. The molecule has 0 fully saturated rings. The maximum Gasteiger partial charge on any atom is 0.133 e. The highest BCUT2D eigenvalue weighted by molar-refractivity contribution is 8.00. The summed E-state index contributed by atoms with van der Waals surface area (Å²) in [6.07, 6.45) is 10.7. The van der Waals surface area contributed by atoms with Gasteiger partial charge in [0.2, 0.25) is 0 Å². The van der Waals surface area contributed by atoms with E-state index in [9.17, 15) is 8.78 Å². The van der Waals surface area contributed by atoms with E-state index in [1.807, 2.05) is 50.7 Å². The Bertz CT molecular complexity index is 1290. The highest BCUT2D eigenvalue weighted by Gasteiger charge is 2.14. The van der Waals surface area contributed by atoms with E-state index in [0.29, 0.717) is 16.7 Å². The molecule has 33 heavy (non-hydrogen) atoms. The maximum atomic E-state index is 14.5. The lowest BCUT2D eigenvalue weighted by atomic mass is 9.96. The second-order valence-electron chi connectivity index (χ2n) is 7.41. The number of nitrogens with zero attached hydrogens (tertiary/aromatic N) is 2. The van der Waals surface area contributed by atoms with Crippen molar-refractivity contribution < 1.29 is 8.78 Å². The van der Waals surface area contributed by atoms with Crippen molar-refractivity contribution in [1.29, 1.82) is 5.41 Å². The Morgan fingerprint density at radius 2 is 2.03 bits per heavy atom. The number of rotatable bonds is 7. The largest absolute Gasteiger partial charge is 0.361 e. The van der Waals surface area contributed by atoms with Crippen LogP contribution in [0.5, 0.6) is 0 Å². The van der Waals surface area contributed by atoms with Gasteiger partial charge < -0.3 is 15.4 Å². The predicted octanol–water partition coefficient (Wildman–Crippen LogP) is 6.01. The van der Waals surface area contributed by atoms with Crippen LogP contribution in [0.1, 0.15) is 18.1 Å². The monoisotopic (exact) mass is 463 g/mol. The van der Waals surface area contributed by atoms with Crippen LogP contribution in [0, 0.1) is 17.0 Å². The van der Waals surface area contributed by atoms with Crippen LogP contribution in [0.4, 0.5) is 14.5 Å². The number of nitrogens with one attached hydrogen (secondary N) is 3. The van der Waals surface area contributed by atoms with Crippen LogP contribution < -0.4 is 10.0 Å². The number of hydrogen-bond acceptors (Lipinski definition) is 5. The van der Waals surface area contributed by atoms with Crippen molar-refractivity contribution in [1.82, 2.24) is 15.1 Å². The summed E-state index contributed by atoms with van der Waals surface area (Å²) in [6.45, 7) is 2.02. The van der Waals surface area contributed by atoms with E-state index in [2.05, 4.69) is 15.1 Å². The Balaban J connectivity index is 1.75. The van der Waals surface area contributed by atoms with Gasteiger partial charge in [0.25, 0.3) is 0 Å². The summed E-state index contributed by atoms with van der Waals surface area (Å²) in [4.78, 5) is 0. The fourth-order valence-corrected chi connectivity index (χ4v) is 3.96. The van der Waals surface area contributed by atoms with Gasteiger partial charge in [-0.1, -0.05) is 24.9 Å². The maximum absolute atomic E-state index is 14.5. The van der Waals surface area contributed by atoms with Crippen molar-refractivity contribution in [2.45, 2.75) is 6.92 Å². The highest BCUT2D eigenvalue weighted by atomic mass is 32.2. The minimum atomic E-state index is -0.634. The van der Waals surface area contributed by atoms with Crippen LogP contribution in [0.2, 0.25) is 0 Å². The Kier molecular flexibility index (Phi) is 6.74. The first-order chi connectivity index (χ1) is 16.0. The van der Waals surface area contributed by atoms with Gasteiger partial charge in [-0.2, -0.15) is 5.10 Å². The van der Waals surface area contributed by atoms with Gasteiger partial charge in [0.15, 0.2) is 0 Å². The zero-order valence-electron chi connectivity index (χ0n) is 18.2. The molecular weight excluding hydrogens is 440 g/mol. The number of aromatic nitrogens is 2. The predicted molar refractivity (Wildman–Crippen MR) is 133 cm³/mol. The molecule has 0 radical (unpaired) electrons. The summed E-state index contributed by atoms with van der Waals surface area (Å²) in [5.74, 6) is -0.415. The molecule has 0 saturated carbocycles. The van der Waals surface area contributed by atoms with Crippen molar-refractivity contribution in [2.75, 3.05) is 10.5 Å². The molecule has 3 aromatic rings. The van der Waals surface area contributed by atoms with Crippen molar-refractivity contribution >= 4 is 35.0 Å². The first-order valence-electron chi connectivity index (χ1n) is 10.4. The lowest BCUT2D eigenvalue weighted by molar-refractivity contribution is 0.585. The van der Waals surface area contributed by atoms with Crippen LogP contribution in [0.3, 0.4) is 0 Å². The van der Waals surface area contributed by atoms with E-state index in [4.69, 9.17) is 5.41 Å². The molecule has 0 atom stereocenters. The molecule has 0 saturated heterocycles. The van der Waals surface area contributed by atoms with Crippen LogP contribution in [0.15, 0.2) is 72.8 Å². The zero-order valence-corrected chi connectivity index (χ0v) is 19.0. The van der Waals surface area contributed by atoms with E-state index in [0.717, 1.165) is 39.9 Å². The second-order valence-corrected chi connectivity index (χ2v) is 8.48. The van der Waals surface area contributed by atoms with Crippen LogP contribution in [-0.2, 0) is 7.05 Å². The molecule has 168 valence electrons. The summed E-state index contributed by atoms with van der Waals surface area (Å²) >= 11 is 1.51. The molecule has 1 aromatic heterocycles. The van der Waals surface area contributed by atoms with E-state index in [1.54, 1.807) is 16.9 Å². The Labute approximate surface area is 195 Å². The minimum Gasteiger partial charge on any atom is -0.361 e. The Morgan fingerprint density at radius 1 is 1.18 bits per heavy atom. The molecule has 1 aliphatic heterocycles. The number of aryl methyl sites for hydroxylation is 1. The Hall–Kier alpha value is -3.65. The van der Waals surface area contributed by atoms with Gasteiger partial charge in [-0.05, 0) is 47.5 Å². The van der Waals surface area contributed by atoms with E-state index >= 15 is 0 Å². The van der Waals surface area contributed by atoms with Crippen molar-refractivity contribution in [3.63, 3.8) is 0 Å². The molecule has 0 spiro atoms. The summed E-state index contributed by atoms with van der Waals surface area (Å²) in [7, 11) is 1.86. The van der Waals surface area contributed by atoms with Crippen LogP contribution in [-0.4, -0.2) is 21.7 Å². The number of halogens is 2. The lowest BCUT2D eigenvalue weighted by Gasteiger charge is -2.17. The molecule has 2 heterocycles. The second kappa shape index (κ2) is 9.87. The summed E-state index contributed by atoms with van der Waals surface area (Å²) in [5, 5.41) is 15.5.